The smallest absolute Gasteiger partial charge is 0.339 e. The Bertz CT molecular complexity index is 1000. The summed E-state index contributed by atoms with van der Waals surface area (Å²) >= 11 is 1.33. The third kappa shape index (κ3) is 7.10. The van der Waals surface area contributed by atoms with Crippen molar-refractivity contribution in [2.45, 2.75) is 62.8 Å². The lowest BCUT2D eigenvalue weighted by molar-refractivity contribution is -0.129. The molecule has 0 aromatic heterocycles. The van der Waals surface area contributed by atoms with Gasteiger partial charge in [0.2, 0.25) is 5.91 Å². The molecule has 1 saturated carbocycles. The molecule has 1 N–H and O–H groups in total. The van der Waals surface area contributed by atoms with Crippen molar-refractivity contribution in [3.05, 3.63) is 59.7 Å². The van der Waals surface area contributed by atoms with E-state index in [0.29, 0.717) is 16.5 Å². The number of rotatable bonds is 9. The predicted molar refractivity (Wildman–Crippen MR) is 136 cm³/mol. The van der Waals surface area contributed by atoms with Crippen LogP contribution in [0.15, 0.2) is 53.4 Å². The van der Waals surface area contributed by atoms with Crippen LogP contribution in [0.1, 0.15) is 67.8 Å². The van der Waals surface area contributed by atoms with E-state index in [4.69, 9.17) is 4.74 Å². The number of amides is 2. The first-order chi connectivity index (χ1) is 16.4. The maximum absolute atomic E-state index is 12.7. The summed E-state index contributed by atoms with van der Waals surface area (Å²) in [6, 6.07) is 14.9. The third-order valence-electron chi connectivity index (χ3n) is 6.17. The highest BCUT2D eigenvalue weighted by molar-refractivity contribution is 8.00. The van der Waals surface area contributed by atoms with Gasteiger partial charge in [0.25, 0.3) is 5.91 Å². The average molecular weight is 483 g/mol. The molecule has 7 heteroatoms. The number of benzene rings is 2. The number of carbonyl (C=O) groups excluding carboxylic acids is 3. The van der Waals surface area contributed by atoms with Crippen LogP contribution in [0.25, 0.3) is 0 Å². The minimum Gasteiger partial charge on any atom is -0.452 e. The molecule has 2 aromatic rings. The molecule has 0 aliphatic heterocycles. The second-order valence-corrected chi connectivity index (χ2v) is 9.96. The molecule has 0 spiro atoms. The van der Waals surface area contributed by atoms with Crippen molar-refractivity contribution in [2.24, 2.45) is 0 Å². The van der Waals surface area contributed by atoms with Crippen molar-refractivity contribution in [1.82, 2.24) is 4.90 Å². The number of anilines is 1. The largest absolute Gasteiger partial charge is 0.452 e. The summed E-state index contributed by atoms with van der Waals surface area (Å²) in [6.45, 7) is 3.72. The van der Waals surface area contributed by atoms with E-state index in [2.05, 4.69) is 19.2 Å². The number of carbonyl (C=O) groups is 3. The second-order valence-electron chi connectivity index (χ2n) is 8.95. The summed E-state index contributed by atoms with van der Waals surface area (Å²) < 4.78 is 5.29. The van der Waals surface area contributed by atoms with Crippen LogP contribution in [0.4, 0.5) is 5.69 Å². The molecule has 0 atom stereocenters. The first-order valence-corrected chi connectivity index (χ1v) is 12.9. The van der Waals surface area contributed by atoms with Gasteiger partial charge in [-0.1, -0.05) is 63.4 Å². The number of nitrogens with one attached hydrogen (secondary N) is 1. The van der Waals surface area contributed by atoms with E-state index in [1.54, 1.807) is 18.2 Å². The van der Waals surface area contributed by atoms with E-state index in [0.717, 1.165) is 24.1 Å². The van der Waals surface area contributed by atoms with Crippen molar-refractivity contribution in [3.8, 4) is 0 Å². The molecule has 2 aromatic carbocycles. The Morgan fingerprint density at radius 2 is 1.71 bits per heavy atom. The molecule has 0 bridgehead atoms. The standard InChI is InChI=1S/C27H34N2O4S/c1-19(2)21-13-7-9-15-23(21)28-25(30)17-33-27(32)22-14-8-10-16-24(22)34-18-26(31)29(3)20-11-5-4-6-12-20/h7-10,13-16,19-20H,4-6,11-12,17-18H2,1-3H3,(H,28,30). The first-order valence-electron chi connectivity index (χ1n) is 11.9. The SMILES string of the molecule is CC(C)c1ccccc1NC(=O)COC(=O)c1ccccc1SCC(=O)N(C)C1CCCCC1. The lowest BCUT2D eigenvalue weighted by Gasteiger charge is -2.31. The molecule has 3 rings (SSSR count). The average Bonchev–Trinajstić information content (AvgIpc) is 2.86. The molecule has 34 heavy (non-hydrogen) atoms. The van der Waals surface area contributed by atoms with Crippen molar-refractivity contribution in [2.75, 3.05) is 24.7 Å². The Kier molecular flexibility index (Phi) is 9.57. The number of thioether (sulfide) groups is 1. The number of ether oxygens (including phenoxy) is 1. The van der Waals surface area contributed by atoms with Crippen molar-refractivity contribution >= 4 is 35.2 Å². The summed E-state index contributed by atoms with van der Waals surface area (Å²) in [4.78, 5) is 40.3. The Morgan fingerprint density at radius 1 is 1.03 bits per heavy atom. The predicted octanol–water partition coefficient (Wildman–Crippen LogP) is 5.49. The van der Waals surface area contributed by atoms with Gasteiger partial charge in [-0.25, -0.2) is 4.79 Å². The fourth-order valence-electron chi connectivity index (χ4n) is 4.18. The number of para-hydroxylation sites is 1. The number of esters is 1. The van der Waals surface area contributed by atoms with E-state index in [1.807, 2.05) is 42.3 Å². The summed E-state index contributed by atoms with van der Waals surface area (Å²) in [5.74, 6) is -0.408. The molecule has 1 aliphatic carbocycles. The topological polar surface area (TPSA) is 75.7 Å². The van der Waals surface area contributed by atoms with Gasteiger partial charge in [-0.3, -0.25) is 9.59 Å². The van der Waals surface area contributed by atoms with E-state index >= 15 is 0 Å². The van der Waals surface area contributed by atoms with Gasteiger partial charge in [-0.2, -0.15) is 0 Å². The fourth-order valence-corrected chi connectivity index (χ4v) is 5.15. The Morgan fingerprint density at radius 3 is 2.44 bits per heavy atom. The highest BCUT2D eigenvalue weighted by Gasteiger charge is 2.23. The summed E-state index contributed by atoms with van der Waals surface area (Å²) in [6.07, 6.45) is 5.69. The van der Waals surface area contributed by atoms with Crippen LogP contribution in [-0.2, 0) is 14.3 Å². The van der Waals surface area contributed by atoms with Crippen molar-refractivity contribution in [1.29, 1.82) is 0 Å². The Hall–Kier alpha value is -2.80. The van der Waals surface area contributed by atoms with Gasteiger partial charge in [-0.15, -0.1) is 11.8 Å². The van der Waals surface area contributed by atoms with Gasteiger partial charge in [0.15, 0.2) is 6.61 Å². The van der Waals surface area contributed by atoms with E-state index < -0.39 is 11.9 Å². The van der Waals surface area contributed by atoms with Crippen LogP contribution in [0.3, 0.4) is 0 Å². The molecule has 2 amide bonds. The van der Waals surface area contributed by atoms with Crippen LogP contribution >= 0.6 is 11.8 Å². The van der Waals surface area contributed by atoms with Crippen LogP contribution < -0.4 is 5.32 Å². The van der Waals surface area contributed by atoms with Gasteiger partial charge in [0.05, 0.1) is 11.3 Å². The lowest BCUT2D eigenvalue weighted by atomic mass is 9.94. The summed E-state index contributed by atoms with van der Waals surface area (Å²) in [5, 5.41) is 2.83. The molecule has 0 heterocycles. The summed E-state index contributed by atoms with van der Waals surface area (Å²) in [7, 11) is 1.87. The first kappa shape index (κ1) is 25.8. The lowest BCUT2D eigenvalue weighted by Crippen LogP contribution is -2.39. The zero-order valence-corrected chi connectivity index (χ0v) is 21.0. The molecular weight excluding hydrogens is 448 g/mol. The molecular formula is C27H34N2O4S. The monoisotopic (exact) mass is 482 g/mol. The number of nitrogens with zero attached hydrogens (tertiary/aromatic N) is 1. The molecule has 1 aliphatic rings. The minimum atomic E-state index is -0.580. The second kappa shape index (κ2) is 12.6. The van der Waals surface area contributed by atoms with Crippen LogP contribution in [-0.4, -0.2) is 48.1 Å². The van der Waals surface area contributed by atoms with Gasteiger partial charge in [0.1, 0.15) is 0 Å². The number of hydrogen-bond acceptors (Lipinski definition) is 5. The molecule has 0 unspecified atom stereocenters. The Balaban J connectivity index is 1.54. The van der Waals surface area contributed by atoms with Crippen molar-refractivity contribution in [3.63, 3.8) is 0 Å². The van der Waals surface area contributed by atoms with Gasteiger partial charge in [-0.05, 0) is 42.5 Å². The van der Waals surface area contributed by atoms with Crippen LogP contribution in [0.2, 0.25) is 0 Å². The van der Waals surface area contributed by atoms with Crippen molar-refractivity contribution < 1.29 is 19.1 Å². The van der Waals surface area contributed by atoms with Gasteiger partial charge in [0, 0.05) is 23.7 Å². The van der Waals surface area contributed by atoms with Crippen LogP contribution in [0.5, 0.6) is 0 Å². The summed E-state index contributed by atoms with van der Waals surface area (Å²) in [5.41, 5.74) is 2.10. The molecule has 6 nitrogen and oxygen atoms in total. The Labute approximate surface area is 206 Å². The van der Waals surface area contributed by atoms with E-state index in [1.165, 1.54) is 31.0 Å². The highest BCUT2D eigenvalue weighted by Crippen LogP contribution is 2.27. The molecule has 182 valence electrons. The highest BCUT2D eigenvalue weighted by atomic mass is 32.2. The maximum atomic E-state index is 12.7. The number of hydrogen-bond donors (Lipinski definition) is 1. The van der Waals surface area contributed by atoms with E-state index in [9.17, 15) is 14.4 Å². The third-order valence-corrected chi connectivity index (χ3v) is 7.22. The van der Waals surface area contributed by atoms with Gasteiger partial charge < -0.3 is 15.0 Å². The molecule has 1 fully saturated rings. The van der Waals surface area contributed by atoms with Gasteiger partial charge >= 0.3 is 5.97 Å². The molecule has 0 saturated heterocycles. The fraction of sp³-hybridized carbons (Fsp3) is 0.444. The minimum absolute atomic E-state index is 0.0586. The normalized spacial score (nSPS) is 14.0. The zero-order valence-electron chi connectivity index (χ0n) is 20.2. The molecule has 0 radical (unpaired) electrons. The van der Waals surface area contributed by atoms with E-state index in [-0.39, 0.29) is 24.2 Å². The maximum Gasteiger partial charge on any atom is 0.339 e. The zero-order chi connectivity index (χ0) is 24.5. The quantitative estimate of drug-likeness (QED) is 0.378. The van der Waals surface area contributed by atoms with Crippen LogP contribution in [0, 0.1) is 0 Å².